The Hall–Kier alpha value is -0.850. The van der Waals surface area contributed by atoms with Crippen LogP contribution >= 0.6 is 0 Å². The van der Waals surface area contributed by atoms with Gasteiger partial charge in [0, 0.05) is 12.4 Å². The van der Waals surface area contributed by atoms with Crippen molar-refractivity contribution in [1.82, 2.24) is 4.98 Å². The minimum Gasteiger partial charge on any atom is -0.264 e. The molecule has 0 unspecified atom stereocenters. The van der Waals surface area contributed by atoms with Crippen LogP contribution in [0.2, 0.25) is 0 Å². The summed E-state index contributed by atoms with van der Waals surface area (Å²) in [6.45, 7) is 6.98. The lowest BCUT2D eigenvalue weighted by atomic mass is 9.75. The summed E-state index contributed by atoms with van der Waals surface area (Å²) in [5.74, 6) is 0. The van der Waals surface area contributed by atoms with Crippen molar-refractivity contribution in [3.05, 3.63) is 30.1 Å². The van der Waals surface area contributed by atoms with Crippen LogP contribution in [-0.4, -0.2) is 4.98 Å². The number of hydrogen-bond acceptors (Lipinski definition) is 1. The zero-order valence-corrected chi connectivity index (χ0v) is 12.4. The summed E-state index contributed by atoms with van der Waals surface area (Å²) in [6.07, 6.45) is 14.5. The predicted octanol–water partition coefficient (Wildman–Crippen LogP) is 5.50. The van der Waals surface area contributed by atoms with Gasteiger partial charge in [-0.1, -0.05) is 65.4 Å². The van der Waals surface area contributed by atoms with Gasteiger partial charge in [-0.2, -0.15) is 0 Å². The van der Waals surface area contributed by atoms with Crippen LogP contribution in [0.5, 0.6) is 0 Å². The first-order valence-corrected chi connectivity index (χ1v) is 7.63. The molecule has 0 aliphatic rings. The molecule has 1 nitrogen and oxygen atoms in total. The van der Waals surface area contributed by atoms with Gasteiger partial charge in [0.2, 0.25) is 0 Å². The average Bonchev–Trinajstić information content (AvgIpc) is 2.40. The maximum absolute atomic E-state index is 4.31. The Balaban J connectivity index is 2.67. The summed E-state index contributed by atoms with van der Waals surface area (Å²) in [5.41, 5.74) is 1.76. The topological polar surface area (TPSA) is 12.9 Å². The van der Waals surface area contributed by atoms with Crippen LogP contribution in [0.4, 0.5) is 0 Å². The fourth-order valence-corrected chi connectivity index (χ4v) is 2.66. The van der Waals surface area contributed by atoms with Gasteiger partial charge in [0.15, 0.2) is 0 Å². The molecule has 0 amide bonds. The van der Waals surface area contributed by atoms with Gasteiger partial charge in [0.05, 0.1) is 0 Å². The molecule has 0 saturated heterocycles. The van der Waals surface area contributed by atoms with Gasteiger partial charge in [-0.05, 0) is 29.9 Å². The number of aromatic nitrogens is 1. The molecule has 0 fully saturated rings. The second-order valence-corrected chi connectivity index (χ2v) is 5.72. The van der Waals surface area contributed by atoms with Gasteiger partial charge in [0.25, 0.3) is 0 Å². The van der Waals surface area contributed by atoms with Crippen molar-refractivity contribution in [2.75, 3.05) is 0 Å². The summed E-state index contributed by atoms with van der Waals surface area (Å²) in [5, 5.41) is 0. The zero-order chi connectivity index (χ0) is 13.3. The Bertz CT molecular complexity index is 295. The van der Waals surface area contributed by atoms with Crippen molar-refractivity contribution >= 4 is 0 Å². The summed E-state index contributed by atoms with van der Waals surface area (Å²) in [7, 11) is 0. The fourth-order valence-electron chi connectivity index (χ4n) is 2.66. The molecule has 0 aliphatic carbocycles. The first kappa shape index (κ1) is 15.2. The minimum atomic E-state index is 0.332. The number of rotatable bonds is 9. The highest BCUT2D eigenvalue weighted by Crippen LogP contribution is 2.34. The van der Waals surface area contributed by atoms with Gasteiger partial charge < -0.3 is 0 Å². The third-order valence-electron chi connectivity index (χ3n) is 4.02. The van der Waals surface area contributed by atoms with Crippen molar-refractivity contribution in [3.63, 3.8) is 0 Å². The molecule has 102 valence electrons. The highest BCUT2D eigenvalue weighted by atomic mass is 14.6. The largest absolute Gasteiger partial charge is 0.264 e. The van der Waals surface area contributed by atoms with E-state index in [1.54, 1.807) is 0 Å². The maximum atomic E-state index is 4.31. The fraction of sp³-hybridized carbons (Fsp3) is 0.706. The van der Waals surface area contributed by atoms with Crippen molar-refractivity contribution < 1.29 is 0 Å². The molecule has 1 heteroatoms. The first-order chi connectivity index (χ1) is 8.73. The van der Waals surface area contributed by atoms with Crippen LogP contribution in [0.1, 0.15) is 77.7 Å². The summed E-state index contributed by atoms with van der Waals surface area (Å²) in [6, 6.07) is 4.33. The Kier molecular flexibility index (Phi) is 7.00. The molecule has 1 aromatic rings. The van der Waals surface area contributed by atoms with E-state index in [1.165, 1.54) is 56.9 Å². The first-order valence-electron chi connectivity index (χ1n) is 7.63. The predicted molar refractivity (Wildman–Crippen MR) is 79.9 cm³/mol. The molecule has 0 saturated carbocycles. The van der Waals surface area contributed by atoms with E-state index in [0.717, 1.165) is 0 Å². The molecule has 1 rings (SSSR count). The standard InChI is InChI=1S/C17H29N/c1-4-6-8-12-17(3,13-9-7-5-2)16-11-10-14-18-15-16/h10-11,14-15H,4-9,12-13H2,1-3H3. The van der Waals surface area contributed by atoms with E-state index in [9.17, 15) is 0 Å². The summed E-state index contributed by atoms with van der Waals surface area (Å²) >= 11 is 0. The summed E-state index contributed by atoms with van der Waals surface area (Å²) < 4.78 is 0. The molecule has 0 N–H and O–H groups in total. The van der Waals surface area contributed by atoms with E-state index in [1.807, 2.05) is 6.20 Å². The van der Waals surface area contributed by atoms with E-state index in [0.29, 0.717) is 5.41 Å². The van der Waals surface area contributed by atoms with Crippen LogP contribution in [-0.2, 0) is 5.41 Å². The normalized spacial score (nSPS) is 11.7. The van der Waals surface area contributed by atoms with Crippen molar-refractivity contribution in [1.29, 1.82) is 0 Å². The molecular formula is C17H29N. The lowest BCUT2D eigenvalue weighted by Crippen LogP contribution is -2.22. The maximum Gasteiger partial charge on any atom is 0.0305 e. The van der Waals surface area contributed by atoms with E-state index in [-0.39, 0.29) is 0 Å². The Morgan fingerprint density at radius 1 is 1.00 bits per heavy atom. The Labute approximate surface area is 113 Å². The molecule has 0 spiro atoms. The smallest absolute Gasteiger partial charge is 0.0305 e. The van der Waals surface area contributed by atoms with Crippen molar-refractivity contribution in [2.24, 2.45) is 0 Å². The van der Waals surface area contributed by atoms with Gasteiger partial charge >= 0.3 is 0 Å². The van der Waals surface area contributed by atoms with E-state index in [2.05, 4.69) is 44.1 Å². The summed E-state index contributed by atoms with van der Waals surface area (Å²) in [4.78, 5) is 4.31. The highest BCUT2D eigenvalue weighted by molar-refractivity contribution is 5.20. The monoisotopic (exact) mass is 247 g/mol. The van der Waals surface area contributed by atoms with Crippen LogP contribution < -0.4 is 0 Å². The molecule has 0 bridgehead atoms. The number of hydrogen-bond donors (Lipinski definition) is 0. The molecule has 0 aliphatic heterocycles. The van der Waals surface area contributed by atoms with Crippen molar-refractivity contribution in [3.8, 4) is 0 Å². The molecule has 18 heavy (non-hydrogen) atoms. The lowest BCUT2D eigenvalue weighted by Gasteiger charge is -2.30. The highest BCUT2D eigenvalue weighted by Gasteiger charge is 2.25. The third kappa shape index (κ3) is 4.80. The average molecular weight is 247 g/mol. The second-order valence-electron chi connectivity index (χ2n) is 5.72. The van der Waals surface area contributed by atoms with Crippen LogP contribution in [0.25, 0.3) is 0 Å². The number of pyridine rings is 1. The third-order valence-corrected chi connectivity index (χ3v) is 4.02. The molecule has 1 heterocycles. The second kappa shape index (κ2) is 8.29. The van der Waals surface area contributed by atoms with Crippen LogP contribution in [0.15, 0.2) is 24.5 Å². The minimum absolute atomic E-state index is 0.332. The lowest BCUT2D eigenvalue weighted by molar-refractivity contribution is 0.366. The van der Waals surface area contributed by atoms with Gasteiger partial charge in [-0.15, -0.1) is 0 Å². The molecular weight excluding hydrogens is 218 g/mol. The van der Waals surface area contributed by atoms with E-state index < -0.39 is 0 Å². The van der Waals surface area contributed by atoms with Crippen LogP contribution in [0.3, 0.4) is 0 Å². The SMILES string of the molecule is CCCCCC(C)(CCCCC)c1cccnc1. The molecule has 1 aromatic heterocycles. The van der Waals surface area contributed by atoms with Gasteiger partial charge in [0.1, 0.15) is 0 Å². The zero-order valence-electron chi connectivity index (χ0n) is 12.4. The molecule has 0 radical (unpaired) electrons. The van der Waals surface area contributed by atoms with Gasteiger partial charge in [-0.25, -0.2) is 0 Å². The Morgan fingerprint density at radius 2 is 1.61 bits per heavy atom. The molecule has 0 aromatic carbocycles. The number of nitrogens with zero attached hydrogens (tertiary/aromatic N) is 1. The van der Waals surface area contributed by atoms with E-state index in [4.69, 9.17) is 0 Å². The molecule has 0 atom stereocenters. The van der Waals surface area contributed by atoms with Crippen LogP contribution in [0, 0.1) is 0 Å². The van der Waals surface area contributed by atoms with E-state index >= 15 is 0 Å². The number of unbranched alkanes of at least 4 members (excludes halogenated alkanes) is 4. The quantitative estimate of drug-likeness (QED) is 0.525. The van der Waals surface area contributed by atoms with Gasteiger partial charge in [-0.3, -0.25) is 4.98 Å². The Morgan fingerprint density at radius 3 is 2.06 bits per heavy atom. The van der Waals surface area contributed by atoms with Crippen molar-refractivity contribution in [2.45, 2.75) is 77.6 Å².